The third kappa shape index (κ3) is 4.59. The minimum Gasteiger partial charge on any atom is -0.481 e. The smallest absolute Gasteiger partial charge is 0.319 e. The average molecular weight is 299 g/mol. The summed E-state index contributed by atoms with van der Waals surface area (Å²) in [6.45, 7) is 4.60. The molecule has 0 aliphatic carbocycles. The maximum atomic E-state index is 12.3. The monoisotopic (exact) mass is 299 g/mol. The molecule has 1 aliphatic heterocycles. The summed E-state index contributed by atoms with van der Waals surface area (Å²) < 4.78 is 0. The highest BCUT2D eigenvalue weighted by Gasteiger charge is 2.41. The molecule has 2 amide bonds. The first-order valence-electron chi connectivity index (χ1n) is 7.70. The SMILES string of the molecule is CCCC1(C(=O)O)CCN(C(=O)N(C)CCN(C)C)CC1. The topological polar surface area (TPSA) is 64.1 Å². The zero-order valence-electron chi connectivity index (χ0n) is 13.8. The number of urea groups is 1. The number of carboxylic acid groups (broad SMARTS) is 1. The van der Waals surface area contributed by atoms with Crippen LogP contribution in [0.3, 0.4) is 0 Å². The third-order valence-electron chi connectivity index (χ3n) is 4.38. The van der Waals surface area contributed by atoms with E-state index in [1.807, 2.05) is 25.9 Å². The molecule has 0 unspecified atom stereocenters. The number of nitrogens with zero attached hydrogens (tertiary/aromatic N) is 3. The van der Waals surface area contributed by atoms with Crippen LogP contribution in [-0.2, 0) is 4.79 Å². The summed E-state index contributed by atoms with van der Waals surface area (Å²) in [5, 5.41) is 9.48. The van der Waals surface area contributed by atoms with Crippen molar-refractivity contribution in [1.29, 1.82) is 0 Å². The molecule has 1 fully saturated rings. The zero-order valence-corrected chi connectivity index (χ0v) is 13.8. The summed E-state index contributed by atoms with van der Waals surface area (Å²) in [6.07, 6.45) is 2.68. The maximum absolute atomic E-state index is 12.3. The summed E-state index contributed by atoms with van der Waals surface area (Å²) in [7, 11) is 5.76. The van der Waals surface area contributed by atoms with E-state index >= 15 is 0 Å². The second kappa shape index (κ2) is 7.64. The predicted octanol–water partition coefficient (Wildman–Crippen LogP) is 1.57. The standard InChI is InChI=1S/C15H29N3O3/c1-5-6-15(13(19)20)7-9-18(10-8-15)14(21)17(4)12-11-16(2)3/h5-12H2,1-4H3,(H,19,20). The number of likely N-dealkylation sites (tertiary alicyclic amines) is 1. The number of carboxylic acids is 1. The van der Waals surface area contributed by atoms with Crippen LogP contribution in [0.4, 0.5) is 4.79 Å². The molecular weight excluding hydrogens is 270 g/mol. The van der Waals surface area contributed by atoms with Gasteiger partial charge in [0.1, 0.15) is 0 Å². The average Bonchev–Trinajstić information content (AvgIpc) is 2.44. The predicted molar refractivity (Wildman–Crippen MR) is 82.4 cm³/mol. The fourth-order valence-electron chi connectivity index (χ4n) is 2.86. The Morgan fingerprint density at radius 2 is 1.71 bits per heavy atom. The van der Waals surface area contributed by atoms with Crippen molar-refractivity contribution in [1.82, 2.24) is 14.7 Å². The van der Waals surface area contributed by atoms with Crippen LogP contribution in [-0.4, -0.2) is 79.1 Å². The Balaban J connectivity index is 2.55. The van der Waals surface area contributed by atoms with Gasteiger partial charge in [0, 0.05) is 33.2 Å². The normalized spacial score (nSPS) is 17.9. The van der Waals surface area contributed by atoms with E-state index in [2.05, 4.69) is 0 Å². The number of hydrogen-bond acceptors (Lipinski definition) is 3. The Morgan fingerprint density at radius 1 is 1.14 bits per heavy atom. The Kier molecular flexibility index (Phi) is 6.45. The van der Waals surface area contributed by atoms with Crippen molar-refractivity contribution in [2.75, 3.05) is 47.3 Å². The minimum atomic E-state index is -0.711. The number of rotatable bonds is 6. The molecule has 1 saturated heterocycles. The zero-order chi connectivity index (χ0) is 16.0. The molecule has 6 heteroatoms. The summed E-state index contributed by atoms with van der Waals surface area (Å²) >= 11 is 0. The highest BCUT2D eigenvalue weighted by molar-refractivity contribution is 5.77. The van der Waals surface area contributed by atoms with Gasteiger partial charge in [-0.3, -0.25) is 4.79 Å². The Morgan fingerprint density at radius 3 is 2.14 bits per heavy atom. The lowest BCUT2D eigenvalue weighted by Gasteiger charge is -2.40. The van der Waals surface area contributed by atoms with Crippen LogP contribution in [0.25, 0.3) is 0 Å². The van der Waals surface area contributed by atoms with Gasteiger partial charge in [-0.15, -0.1) is 0 Å². The lowest BCUT2D eigenvalue weighted by Crippen LogP contribution is -2.50. The van der Waals surface area contributed by atoms with Crippen LogP contribution in [0.5, 0.6) is 0 Å². The second-order valence-electron chi connectivity index (χ2n) is 6.33. The summed E-state index contributed by atoms with van der Waals surface area (Å²) in [5.74, 6) is -0.711. The van der Waals surface area contributed by atoms with Gasteiger partial charge in [-0.2, -0.15) is 0 Å². The van der Waals surface area contributed by atoms with Crippen molar-refractivity contribution in [3.63, 3.8) is 0 Å². The molecule has 1 N–H and O–H groups in total. The minimum absolute atomic E-state index is 0.00679. The molecule has 21 heavy (non-hydrogen) atoms. The van der Waals surface area contributed by atoms with Gasteiger partial charge in [0.2, 0.25) is 0 Å². The van der Waals surface area contributed by atoms with Crippen LogP contribution >= 0.6 is 0 Å². The van der Waals surface area contributed by atoms with E-state index < -0.39 is 11.4 Å². The van der Waals surface area contributed by atoms with E-state index in [1.165, 1.54) is 0 Å². The van der Waals surface area contributed by atoms with Gasteiger partial charge >= 0.3 is 12.0 Å². The van der Waals surface area contributed by atoms with Crippen LogP contribution in [0.15, 0.2) is 0 Å². The van der Waals surface area contributed by atoms with Gasteiger partial charge < -0.3 is 19.8 Å². The van der Waals surface area contributed by atoms with Crippen LogP contribution in [0, 0.1) is 5.41 Å². The molecule has 0 aromatic heterocycles. The van der Waals surface area contributed by atoms with Crippen LogP contribution in [0.1, 0.15) is 32.6 Å². The second-order valence-corrected chi connectivity index (χ2v) is 6.33. The molecule has 0 spiro atoms. The maximum Gasteiger partial charge on any atom is 0.319 e. The molecule has 1 aliphatic rings. The van der Waals surface area contributed by atoms with Crippen molar-refractivity contribution in [3.05, 3.63) is 0 Å². The molecule has 6 nitrogen and oxygen atoms in total. The number of carbonyl (C=O) groups is 2. The van der Waals surface area contributed by atoms with Gasteiger partial charge in [-0.1, -0.05) is 13.3 Å². The molecule has 0 aromatic rings. The van der Waals surface area contributed by atoms with Crippen molar-refractivity contribution in [3.8, 4) is 0 Å². The fourth-order valence-corrected chi connectivity index (χ4v) is 2.86. The van der Waals surface area contributed by atoms with Crippen LogP contribution < -0.4 is 0 Å². The summed E-state index contributed by atoms with van der Waals surface area (Å²) in [4.78, 5) is 29.4. The molecule has 0 aromatic carbocycles. The van der Waals surface area contributed by atoms with Crippen molar-refractivity contribution in [2.24, 2.45) is 5.41 Å². The highest BCUT2D eigenvalue weighted by atomic mass is 16.4. The van der Waals surface area contributed by atoms with Gasteiger partial charge in [0.05, 0.1) is 5.41 Å². The van der Waals surface area contributed by atoms with Crippen LogP contribution in [0.2, 0.25) is 0 Å². The molecule has 1 rings (SSSR count). The molecule has 0 atom stereocenters. The number of piperidine rings is 1. The largest absolute Gasteiger partial charge is 0.481 e. The van der Waals surface area contributed by atoms with Gasteiger partial charge in [0.15, 0.2) is 0 Å². The van der Waals surface area contributed by atoms with E-state index in [4.69, 9.17) is 0 Å². The van der Waals surface area contributed by atoms with E-state index in [-0.39, 0.29) is 6.03 Å². The summed E-state index contributed by atoms with van der Waals surface area (Å²) in [5.41, 5.74) is -0.631. The van der Waals surface area contributed by atoms with E-state index in [0.717, 1.165) is 13.0 Å². The van der Waals surface area contributed by atoms with Crippen molar-refractivity contribution in [2.45, 2.75) is 32.6 Å². The number of aliphatic carboxylic acids is 1. The molecule has 0 bridgehead atoms. The Bertz CT molecular complexity index is 363. The number of likely N-dealkylation sites (N-methyl/N-ethyl adjacent to an activating group) is 2. The van der Waals surface area contributed by atoms with Gasteiger partial charge in [-0.25, -0.2) is 4.79 Å². The first-order chi connectivity index (χ1) is 9.82. The molecule has 122 valence electrons. The first kappa shape index (κ1) is 17.8. The molecule has 1 heterocycles. The van der Waals surface area contributed by atoms with E-state index in [1.54, 1.807) is 16.8 Å². The molecule has 0 radical (unpaired) electrons. The number of amides is 2. The first-order valence-corrected chi connectivity index (χ1v) is 7.70. The number of carbonyl (C=O) groups excluding carboxylic acids is 1. The van der Waals surface area contributed by atoms with Crippen molar-refractivity contribution >= 4 is 12.0 Å². The van der Waals surface area contributed by atoms with Gasteiger partial charge in [0.25, 0.3) is 0 Å². The lowest BCUT2D eigenvalue weighted by molar-refractivity contribution is -0.152. The summed E-state index contributed by atoms with van der Waals surface area (Å²) in [6, 6.07) is 0.00679. The third-order valence-corrected chi connectivity index (χ3v) is 4.38. The van der Waals surface area contributed by atoms with E-state index in [0.29, 0.717) is 38.9 Å². The van der Waals surface area contributed by atoms with Gasteiger partial charge in [-0.05, 0) is 33.4 Å². The molecular formula is C15H29N3O3. The fraction of sp³-hybridized carbons (Fsp3) is 0.867. The van der Waals surface area contributed by atoms with E-state index in [9.17, 15) is 14.7 Å². The Hall–Kier alpha value is -1.30. The molecule has 0 saturated carbocycles. The highest BCUT2D eigenvalue weighted by Crippen LogP contribution is 2.36. The quantitative estimate of drug-likeness (QED) is 0.808. The lowest BCUT2D eigenvalue weighted by atomic mass is 9.75. The van der Waals surface area contributed by atoms with Crippen molar-refractivity contribution < 1.29 is 14.7 Å². The number of hydrogen-bond donors (Lipinski definition) is 1. The Labute approximate surface area is 127 Å².